The molecule has 0 bridgehead atoms. The van der Waals surface area contributed by atoms with E-state index in [1.807, 2.05) is 13.8 Å². The summed E-state index contributed by atoms with van der Waals surface area (Å²) in [5.41, 5.74) is -1.17. The molecule has 1 heterocycles. The van der Waals surface area contributed by atoms with Crippen LogP contribution in [0.4, 0.5) is 5.82 Å². The molecule has 1 unspecified atom stereocenters. The third-order valence-corrected chi connectivity index (χ3v) is 3.16. The Morgan fingerprint density at radius 2 is 2.15 bits per heavy atom. The molecule has 1 rings (SSSR count). The fraction of sp³-hybridized carbons (Fsp3) is 0.643. The maximum Gasteiger partial charge on any atom is 0.331 e. The Hall–Kier alpha value is -1.85. The molecule has 0 amide bonds. The number of nitrogens with zero attached hydrogens (tertiary/aromatic N) is 2. The van der Waals surface area contributed by atoms with Gasteiger partial charge in [0.15, 0.2) is 5.82 Å². The summed E-state index contributed by atoms with van der Waals surface area (Å²) in [6.07, 6.45) is 5.40. The number of carbonyl (C=O) groups is 1. The molecule has 1 aromatic heterocycles. The molecule has 0 aliphatic carbocycles. The zero-order valence-corrected chi connectivity index (χ0v) is 12.6. The van der Waals surface area contributed by atoms with E-state index >= 15 is 0 Å². The Morgan fingerprint density at radius 1 is 1.45 bits per heavy atom. The minimum atomic E-state index is -0.943. The van der Waals surface area contributed by atoms with Crippen molar-refractivity contribution in [1.82, 2.24) is 9.55 Å². The lowest BCUT2D eigenvalue weighted by Crippen LogP contribution is -2.46. The fourth-order valence-corrected chi connectivity index (χ4v) is 2.15. The van der Waals surface area contributed by atoms with Crippen molar-refractivity contribution in [2.45, 2.75) is 52.1 Å². The zero-order chi connectivity index (χ0) is 15.2. The van der Waals surface area contributed by atoms with Crippen LogP contribution in [0, 0.1) is 0 Å². The lowest BCUT2D eigenvalue weighted by atomic mass is 9.96. The normalized spacial score (nSPS) is 13.6. The number of aryl methyl sites for hydroxylation is 1. The molecule has 112 valence electrons. The largest absolute Gasteiger partial charge is 0.467 e. The van der Waals surface area contributed by atoms with E-state index in [2.05, 4.69) is 10.3 Å². The van der Waals surface area contributed by atoms with Crippen molar-refractivity contribution < 1.29 is 9.53 Å². The third kappa shape index (κ3) is 3.59. The second-order valence-electron chi connectivity index (χ2n) is 4.97. The van der Waals surface area contributed by atoms with E-state index < -0.39 is 11.5 Å². The average Bonchev–Trinajstić information content (AvgIpc) is 2.43. The van der Waals surface area contributed by atoms with Gasteiger partial charge in [-0.3, -0.25) is 4.79 Å². The number of methoxy groups -OCH3 is 1. The highest BCUT2D eigenvalue weighted by Crippen LogP contribution is 2.18. The molecule has 0 aliphatic rings. The minimum absolute atomic E-state index is 0.183. The molecule has 1 aromatic rings. The molecule has 6 nitrogen and oxygen atoms in total. The number of ether oxygens (including phenoxy) is 1. The van der Waals surface area contributed by atoms with Crippen LogP contribution in [0.3, 0.4) is 0 Å². The van der Waals surface area contributed by atoms with E-state index in [0.29, 0.717) is 13.0 Å². The van der Waals surface area contributed by atoms with Crippen molar-refractivity contribution in [3.05, 3.63) is 22.7 Å². The SMILES string of the molecule is CCCn1ccnc(NC(C)(CCC)C(=O)OC)c1=O. The minimum Gasteiger partial charge on any atom is -0.467 e. The van der Waals surface area contributed by atoms with E-state index in [9.17, 15) is 9.59 Å². The van der Waals surface area contributed by atoms with E-state index in [1.54, 1.807) is 23.9 Å². The molecule has 1 atom stereocenters. The van der Waals surface area contributed by atoms with Gasteiger partial charge in [-0.05, 0) is 19.8 Å². The summed E-state index contributed by atoms with van der Waals surface area (Å²) in [4.78, 5) is 28.2. The Morgan fingerprint density at radius 3 is 2.70 bits per heavy atom. The molecule has 0 fully saturated rings. The van der Waals surface area contributed by atoms with Gasteiger partial charge in [-0.25, -0.2) is 9.78 Å². The molecule has 0 radical (unpaired) electrons. The number of hydrogen-bond acceptors (Lipinski definition) is 5. The molecule has 6 heteroatoms. The Bertz CT molecular complexity index is 513. The van der Waals surface area contributed by atoms with E-state index in [-0.39, 0.29) is 11.4 Å². The number of aromatic nitrogens is 2. The number of carbonyl (C=O) groups excluding carboxylic acids is 1. The molecule has 0 saturated carbocycles. The predicted molar refractivity (Wildman–Crippen MR) is 77.7 cm³/mol. The number of esters is 1. The average molecular weight is 281 g/mol. The summed E-state index contributed by atoms with van der Waals surface area (Å²) in [5.74, 6) is -0.214. The van der Waals surface area contributed by atoms with Gasteiger partial charge in [0.2, 0.25) is 0 Å². The Balaban J connectivity index is 3.09. The molecule has 1 N–H and O–H groups in total. The van der Waals surface area contributed by atoms with Gasteiger partial charge in [0.05, 0.1) is 7.11 Å². The van der Waals surface area contributed by atoms with E-state index in [4.69, 9.17) is 4.74 Å². The van der Waals surface area contributed by atoms with Gasteiger partial charge in [-0.1, -0.05) is 20.3 Å². The monoisotopic (exact) mass is 281 g/mol. The summed E-state index contributed by atoms with van der Waals surface area (Å²) in [6, 6.07) is 0. The van der Waals surface area contributed by atoms with E-state index in [0.717, 1.165) is 12.8 Å². The van der Waals surface area contributed by atoms with Crippen molar-refractivity contribution in [3.8, 4) is 0 Å². The molecule has 0 aliphatic heterocycles. The lowest BCUT2D eigenvalue weighted by molar-refractivity contribution is -0.145. The van der Waals surface area contributed by atoms with Crippen molar-refractivity contribution in [2.24, 2.45) is 0 Å². The maximum absolute atomic E-state index is 12.2. The van der Waals surface area contributed by atoms with Crippen LogP contribution in [0.15, 0.2) is 17.2 Å². The first-order chi connectivity index (χ1) is 9.48. The summed E-state index contributed by atoms with van der Waals surface area (Å²) in [7, 11) is 1.34. The van der Waals surface area contributed by atoms with Gasteiger partial charge in [0.25, 0.3) is 5.56 Å². The zero-order valence-electron chi connectivity index (χ0n) is 12.6. The first kappa shape index (κ1) is 16.2. The number of rotatable bonds is 7. The van der Waals surface area contributed by atoms with Crippen LogP contribution in [0.1, 0.15) is 40.0 Å². The van der Waals surface area contributed by atoms with Gasteiger partial charge in [-0.2, -0.15) is 0 Å². The number of nitrogens with one attached hydrogen (secondary N) is 1. The molecule has 0 spiro atoms. The maximum atomic E-state index is 12.2. The molecular formula is C14H23N3O3. The summed E-state index contributed by atoms with van der Waals surface area (Å²) in [5, 5.41) is 2.96. The summed E-state index contributed by atoms with van der Waals surface area (Å²) in [6.45, 7) is 6.31. The van der Waals surface area contributed by atoms with Crippen LogP contribution in [-0.2, 0) is 16.1 Å². The topological polar surface area (TPSA) is 73.2 Å². The molecular weight excluding hydrogens is 258 g/mol. The first-order valence-electron chi connectivity index (χ1n) is 6.90. The fourth-order valence-electron chi connectivity index (χ4n) is 2.15. The molecule has 20 heavy (non-hydrogen) atoms. The second kappa shape index (κ2) is 7.07. The van der Waals surface area contributed by atoms with Crippen LogP contribution in [0.2, 0.25) is 0 Å². The quantitative estimate of drug-likeness (QED) is 0.771. The second-order valence-corrected chi connectivity index (χ2v) is 4.97. The number of anilines is 1. The van der Waals surface area contributed by atoms with Crippen LogP contribution in [0.5, 0.6) is 0 Å². The summed E-state index contributed by atoms with van der Waals surface area (Å²) < 4.78 is 6.40. The van der Waals surface area contributed by atoms with Crippen LogP contribution in [-0.4, -0.2) is 28.2 Å². The van der Waals surface area contributed by atoms with Crippen LogP contribution >= 0.6 is 0 Å². The smallest absolute Gasteiger partial charge is 0.331 e. The van der Waals surface area contributed by atoms with Gasteiger partial charge < -0.3 is 14.6 Å². The summed E-state index contributed by atoms with van der Waals surface area (Å²) >= 11 is 0. The van der Waals surface area contributed by atoms with Crippen molar-refractivity contribution in [3.63, 3.8) is 0 Å². The molecule has 0 saturated heterocycles. The Kier molecular flexibility index (Phi) is 5.73. The molecule has 0 aromatic carbocycles. The highest BCUT2D eigenvalue weighted by atomic mass is 16.5. The predicted octanol–water partition coefficient (Wildman–Crippen LogP) is 1.80. The highest BCUT2D eigenvalue weighted by Gasteiger charge is 2.34. The number of hydrogen-bond donors (Lipinski definition) is 1. The van der Waals surface area contributed by atoms with Crippen molar-refractivity contribution in [2.75, 3.05) is 12.4 Å². The third-order valence-electron chi connectivity index (χ3n) is 3.16. The first-order valence-corrected chi connectivity index (χ1v) is 6.90. The highest BCUT2D eigenvalue weighted by molar-refractivity contribution is 5.83. The van der Waals surface area contributed by atoms with Crippen molar-refractivity contribution in [1.29, 1.82) is 0 Å². The van der Waals surface area contributed by atoms with Crippen LogP contribution in [0.25, 0.3) is 0 Å². The van der Waals surface area contributed by atoms with Crippen molar-refractivity contribution >= 4 is 11.8 Å². The lowest BCUT2D eigenvalue weighted by Gasteiger charge is -2.27. The van der Waals surface area contributed by atoms with Gasteiger partial charge in [0, 0.05) is 18.9 Å². The van der Waals surface area contributed by atoms with Gasteiger partial charge >= 0.3 is 5.97 Å². The van der Waals surface area contributed by atoms with Gasteiger partial charge in [0.1, 0.15) is 5.54 Å². The standard InChI is InChI=1S/C14H23N3O3/c1-5-7-14(3,13(19)20-4)16-11-12(18)17(9-6-2)10-8-15-11/h8,10H,5-7,9H2,1-4H3,(H,15,16). The van der Waals surface area contributed by atoms with Gasteiger partial charge in [-0.15, -0.1) is 0 Å². The van der Waals surface area contributed by atoms with Crippen LogP contribution < -0.4 is 10.9 Å². The van der Waals surface area contributed by atoms with E-state index in [1.165, 1.54) is 7.11 Å². The Labute approximate surface area is 119 Å².